The zero-order valence-electron chi connectivity index (χ0n) is 21.7. The molecule has 2 aliphatic rings. The van der Waals surface area contributed by atoms with E-state index < -0.39 is 0 Å². The normalized spacial score (nSPS) is 15.0. The van der Waals surface area contributed by atoms with Gasteiger partial charge in [0.1, 0.15) is 6.33 Å². The van der Waals surface area contributed by atoms with Crippen molar-refractivity contribution in [1.82, 2.24) is 24.6 Å². The fourth-order valence-corrected chi connectivity index (χ4v) is 5.02. The summed E-state index contributed by atoms with van der Waals surface area (Å²) in [4.78, 5) is 48.5. The van der Waals surface area contributed by atoms with Gasteiger partial charge in [0.2, 0.25) is 0 Å². The molecule has 2 saturated heterocycles. The lowest BCUT2D eigenvalue weighted by Crippen LogP contribution is -2.40. The van der Waals surface area contributed by atoms with Crippen LogP contribution < -0.4 is 25.7 Å². The summed E-state index contributed by atoms with van der Waals surface area (Å²) in [5.41, 5.74) is 4.53. The first kappa shape index (κ1) is 24.4. The van der Waals surface area contributed by atoms with Crippen molar-refractivity contribution in [3.8, 4) is 16.8 Å². The summed E-state index contributed by atoms with van der Waals surface area (Å²) in [6, 6.07) is 16.6. The Bertz CT molecular complexity index is 1620. The molecular weight excluding hydrogens is 496 g/mol. The second-order valence-corrected chi connectivity index (χ2v) is 9.54. The van der Waals surface area contributed by atoms with Crippen LogP contribution >= 0.6 is 0 Å². The summed E-state index contributed by atoms with van der Waals surface area (Å²) in [6.45, 7) is 2.72. The minimum Gasteiger partial charge on any atom is -0.368 e. The van der Waals surface area contributed by atoms with Crippen molar-refractivity contribution < 1.29 is 9.59 Å². The van der Waals surface area contributed by atoms with E-state index in [9.17, 15) is 14.4 Å². The van der Waals surface area contributed by atoms with Crippen LogP contribution in [0.2, 0.25) is 0 Å². The van der Waals surface area contributed by atoms with E-state index in [1.54, 1.807) is 48.3 Å². The van der Waals surface area contributed by atoms with Crippen molar-refractivity contribution in [2.75, 3.05) is 47.9 Å². The summed E-state index contributed by atoms with van der Waals surface area (Å²) < 4.78 is 2.78. The first-order valence-electron chi connectivity index (χ1n) is 12.8. The van der Waals surface area contributed by atoms with Crippen LogP contribution in [0.3, 0.4) is 0 Å². The van der Waals surface area contributed by atoms with Crippen LogP contribution in [0.5, 0.6) is 0 Å². The standard InChI is InChI=1S/C28H28N8O3/c1-29-26(37)20-5-3-6-22(17-20)34-15-16-35(28(34)39)25-24(33-13-4-14-33)23(11-12-30-25)19-7-9-21(10-8-19)36-18-31-32(2)27(36)38/h3,5-12,17-18H,4,13-16H2,1-2H3,(H,29,37). The highest BCUT2D eigenvalue weighted by Gasteiger charge is 2.35. The smallest absolute Gasteiger partial charge is 0.350 e. The fourth-order valence-electron chi connectivity index (χ4n) is 5.02. The summed E-state index contributed by atoms with van der Waals surface area (Å²) in [6.07, 6.45) is 4.31. The molecule has 1 N–H and O–H groups in total. The number of anilines is 3. The molecule has 2 aromatic heterocycles. The lowest BCUT2D eigenvalue weighted by atomic mass is 10.0. The van der Waals surface area contributed by atoms with Gasteiger partial charge in [0, 0.05) is 63.3 Å². The van der Waals surface area contributed by atoms with Crippen molar-refractivity contribution in [3.63, 3.8) is 0 Å². The highest BCUT2D eigenvalue weighted by atomic mass is 16.2. The third-order valence-electron chi connectivity index (χ3n) is 7.27. The Kier molecular flexibility index (Phi) is 6.10. The largest absolute Gasteiger partial charge is 0.368 e. The number of nitrogens with zero attached hydrogens (tertiary/aromatic N) is 7. The van der Waals surface area contributed by atoms with Crippen LogP contribution in [-0.4, -0.2) is 64.5 Å². The molecule has 3 amide bonds. The number of hydrogen-bond acceptors (Lipinski definition) is 6. The Balaban J connectivity index is 1.35. The molecule has 0 saturated carbocycles. The highest BCUT2D eigenvalue weighted by molar-refractivity contribution is 6.09. The molecule has 4 aromatic rings. The van der Waals surface area contributed by atoms with Gasteiger partial charge in [0.05, 0.1) is 11.4 Å². The molecule has 2 aliphatic heterocycles. The Labute approximate surface area is 224 Å². The molecular formula is C28H28N8O3. The van der Waals surface area contributed by atoms with Gasteiger partial charge >= 0.3 is 11.7 Å². The summed E-state index contributed by atoms with van der Waals surface area (Å²) >= 11 is 0. The minimum atomic E-state index is -0.215. The number of aromatic nitrogens is 4. The van der Waals surface area contributed by atoms with Crippen molar-refractivity contribution >= 4 is 29.1 Å². The zero-order chi connectivity index (χ0) is 27.1. The van der Waals surface area contributed by atoms with Crippen LogP contribution in [0.15, 0.2) is 71.9 Å². The molecule has 0 bridgehead atoms. The van der Waals surface area contributed by atoms with Gasteiger partial charge in [-0.25, -0.2) is 23.8 Å². The van der Waals surface area contributed by atoms with Crippen molar-refractivity contribution in [2.45, 2.75) is 6.42 Å². The number of amides is 3. The number of carbonyl (C=O) groups is 2. The predicted octanol–water partition coefficient (Wildman–Crippen LogP) is 2.65. The highest BCUT2D eigenvalue weighted by Crippen LogP contribution is 2.41. The van der Waals surface area contributed by atoms with Gasteiger partial charge in [-0.2, -0.15) is 5.10 Å². The third kappa shape index (κ3) is 4.21. The van der Waals surface area contributed by atoms with Crippen LogP contribution in [-0.2, 0) is 7.05 Å². The van der Waals surface area contributed by atoms with Gasteiger partial charge < -0.3 is 10.2 Å². The molecule has 2 fully saturated rings. The number of nitrogens with one attached hydrogen (secondary N) is 1. The maximum absolute atomic E-state index is 13.7. The van der Waals surface area contributed by atoms with E-state index >= 15 is 0 Å². The molecule has 4 heterocycles. The van der Waals surface area contributed by atoms with Gasteiger partial charge in [0.25, 0.3) is 5.91 Å². The van der Waals surface area contributed by atoms with Gasteiger partial charge in [-0.3, -0.25) is 14.6 Å². The van der Waals surface area contributed by atoms with Crippen LogP contribution in [0.25, 0.3) is 16.8 Å². The lowest BCUT2D eigenvalue weighted by molar-refractivity contribution is 0.0963. The average molecular weight is 525 g/mol. The van der Waals surface area contributed by atoms with E-state index in [4.69, 9.17) is 0 Å². The van der Waals surface area contributed by atoms with E-state index in [-0.39, 0.29) is 17.6 Å². The van der Waals surface area contributed by atoms with Gasteiger partial charge in [-0.1, -0.05) is 18.2 Å². The number of hydrogen-bond donors (Lipinski definition) is 1. The fraction of sp³-hybridized carbons (Fsp3) is 0.250. The minimum absolute atomic E-state index is 0.179. The molecule has 2 aromatic carbocycles. The number of urea groups is 1. The molecule has 6 rings (SSSR count). The van der Waals surface area contributed by atoms with Gasteiger partial charge in [0.15, 0.2) is 5.82 Å². The maximum Gasteiger partial charge on any atom is 0.350 e. The first-order chi connectivity index (χ1) is 19.0. The van der Waals surface area contributed by atoms with Crippen LogP contribution in [0, 0.1) is 0 Å². The van der Waals surface area contributed by atoms with E-state index in [2.05, 4.69) is 20.3 Å². The molecule has 198 valence electrons. The number of benzene rings is 2. The second kappa shape index (κ2) is 9.75. The number of pyridine rings is 1. The SMILES string of the molecule is CNC(=O)c1cccc(N2CCN(c3nccc(-c4ccc(-n5cnn(C)c5=O)cc4)c3N3CCC3)C2=O)c1. The Morgan fingerprint density at radius 1 is 0.923 bits per heavy atom. The summed E-state index contributed by atoms with van der Waals surface area (Å²) in [7, 11) is 3.20. The Morgan fingerprint density at radius 3 is 2.36 bits per heavy atom. The second-order valence-electron chi connectivity index (χ2n) is 9.54. The van der Waals surface area contributed by atoms with E-state index in [0.717, 1.165) is 42.0 Å². The first-order valence-corrected chi connectivity index (χ1v) is 12.8. The topological polar surface area (TPSA) is 109 Å². The molecule has 0 radical (unpaired) electrons. The van der Waals surface area contributed by atoms with E-state index in [1.165, 1.54) is 15.6 Å². The molecule has 11 heteroatoms. The number of carbonyl (C=O) groups excluding carboxylic acids is 2. The van der Waals surface area contributed by atoms with E-state index in [1.807, 2.05) is 36.4 Å². The van der Waals surface area contributed by atoms with Gasteiger partial charge in [-0.05, 0) is 48.4 Å². The molecule has 0 unspecified atom stereocenters. The van der Waals surface area contributed by atoms with Gasteiger partial charge in [-0.15, -0.1) is 0 Å². The number of rotatable bonds is 6. The van der Waals surface area contributed by atoms with Crippen molar-refractivity contribution in [3.05, 3.63) is 83.2 Å². The Hall–Kier alpha value is -4.93. The molecule has 0 aliphatic carbocycles. The zero-order valence-corrected chi connectivity index (χ0v) is 21.7. The Morgan fingerprint density at radius 2 is 1.69 bits per heavy atom. The third-order valence-corrected chi connectivity index (χ3v) is 7.27. The molecule has 0 spiro atoms. The quantitative estimate of drug-likeness (QED) is 0.416. The summed E-state index contributed by atoms with van der Waals surface area (Å²) in [5, 5.41) is 6.66. The average Bonchev–Trinajstić information content (AvgIpc) is 3.49. The van der Waals surface area contributed by atoms with E-state index in [0.29, 0.717) is 30.2 Å². The van der Waals surface area contributed by atoms with Crippen LogP contribution in [0.1, 0.15) is 16.8 Å². The molecule has 0 atom stereocenters. The van der Waals surface area contributed by atoms with Crippen LogP contribution in [0.4, 0.5) is 22.0 Å². The lowest BCUT2D eigenvalue weighted by Gasteiger charge is -2.37. The number of aryl methyl sites for hydroxylation is 1. The summed E-state index contributed by atoms with van der Waals surface area (Å²) in [5.74, 6) is 0.420. The molecule has 39 heavy (non-hydrogen) atoms. The van der Waals surface area contributed by atoms with Crippen molar-refractivity contribution in [2.24, 2.45) is 7.05 Å². The predicted molar refractivity (Wildman–Crippen MR) is 149 cm³/mol. The maximum atomic E-state index is 13.7. The van der Waals surface area contributed by atoms with Crippen molar-refractivity contribution in [1.29, 1.82) is 0 Å². The monoisotopic (exact) mass is 524 g/mol. The molecule has 11 nitrogen and oxygen atoms in total.